The molecule has 6 rings (SSSR count). The third-order valence-corrected chi connectivity index (χ3v) is 18.2. The third kappa shape index (κ3) is 7.69. The van der Waals surface area contributed by atoms with Crippen molar-refractivity contribution in [2.45, 2.75) is 151 Å². The summed E-state index contributed by atoms with van der Waals surface area (Å²) in [5.74, 6) is 0. The second-order valence-corrected chi connectivity index (χ2v) is 19.1. The largest absolute Gasteiger partial charge is 0.318 e. The Morgan fingerprint density at radius 3 is 1.23 bits per heavy atom. The molecular formula is C36H54OP2. The molecule has 4 aliphatic carbocycles. The van der Waals surface area contributed by atoms with E-state index in [1.807, 2.05) is 0 Å². The first-order chi connectivity index (χ1) is 19.3. The average Bonchev–Trinajstić information content (AvgIpc) is 3.04. The van der Waals surface area contributed by atoms with E-state index in [0.717, 1.165) is 11.3 Å². The van der Waals surface area contributed by atoms with E-state index in [1.165, 1.54) is 134 Å². The Kier molecular flexibility index (Phi) is 11.7. The molecule has 0 atom stereocenters. The Hall–Kier alpha value is -0.900. The lowest BCUT2D eigenvalue weighted by Crippen LogP contribution is -2.29. The molecule has 3 heteroatoms. The molecule has 4 saturated carbocycles. The molecule has 0 saturated heterocycles. The van der Waals surface area contributed by atoms with E-state index in [9.17, 15) is 4.57 Å². The minimum absolute atomic E-state index is 0.108. The summed E-state index contributed by atoms with van der Waals surface area (Å²) in [5.41, 5.74) is 3.02. The van der Waals surface area contributed by atoms with Crippen LogP contribution >= 0.6 is 15.1 Å². The van der Waals surface area contributed by atoms with Gasteiger partial charge in [-0.3, -0.25) is 0 Å². The molecule has 0 aliphatic heterocycles. The molecule has 0 N–H and O–H groups in total. The van der Waals surface area contributed by atoms with Crippen LogP contribution in [0.4, 0.5) is 0 Å². The summed E-state index contributed by atoms with van der Waals surface area (Å²) in [4.78, 5) is 0. The van der Waals surface area contributed by atoms with Crippen LogP contribution in [0.15, 0.2) is 60.7 Å². The lowest BCUT2D eigenvalue weighted by Gasteiger charge is -2.38. The lowest BCUT2D eigenvalue weighted by molar-refractivity contribution is 0.453. The smallest absolute Gasteiger partial charge is 0.121 e. The zero-order chi connectivity index (χ0) is 26.8. The van der Waals surface area contributed by atoms with Gasteiger partial charge in [0.25, 0.3) is 0 Å². The van der Waals surface area contributed by atoms with Gasteiger partial charge < -0.3 is 4.57 Å². The molecule has 0 bridgehead atoms. The highest BCUT2D eigenvalue weighted by molar-refractivity contribution is 7.73. The molecule has 2 aromatic carbocycles. The third-order valence-electron chi connectivity index (χ3n) is 10.4. The Bertz CT molecular complexity index is 941. The normalized spacial score (nSPS) is 22.8. The van der Waals surface area contributed by atoms with E-state index < -0.39 is 7.14 Å². The SMILES string of the molecule is O=P(c1ccccc1)(C1CCCCC1)C1CCCCC1.c1ccc(P(C2CCCCC2)C2CCCCC2)cc1. The molecule has 0 unspecified atom stereocenters. The zero-order valence-electron chi connectivity index (χ0n) is 24.5. The van der Waals surface area contributed by atoms with Crippen molar-refractivity contribution in [3.05, 3.63) is 60.7 Å². The highest BCUT2D eigenvalue weighted by atomic mass is 31.2. The molecule has 39 heavy (non-hydrogen) atoms. The fourth-order valence-corrected chi connectivity index (χ4v) is 16.5. The van der Waals surface area contributed by atoms with Crippen LogP contribution in [0.1, 0.15) is 128 Å². The van der Waals surface area contributed by atoms with E-state index in [4.69, 9.17) is 0 Å². The van der Waals surface area contributed by atoms with Crippen LogP contribution in [0, 0.1) is 0 Å². The number of benzene rings is 2. The minimum Gasteiger partial charge on any atom is -0.318 e. The molecule has 2 aromatic rings. The quantitative estimate of drug-likeness (QED) is 0.319. The molecule has 4 aliphatic rings. The fraction of sp³-hybridized carbons (Fsp3) is 0.667. The van der Waals surface area contributed by atoms with Gasteiger partial charge in [0.2, 0.25) is 0 Å². The summed E-state index contributed by atoms with van der Waals surface area (Å²) in [6.07, 6.45) is 27.6. The Labute approximate surface area is 241 Å². The molecule has 1 nitrogen and oxygen atoms in total. The number of rotatable bonds is 6. The van der Waals surface area contributed by atoms with Crippen molar-refractivity contribution in [2.24, 2.45) is 0 Å². The summed E-state index contributed by atoms with van der Waals surface area (Å²) in [7, 11) is -2.11. The predicted octanol–water partition coefficient (Wildman–Crippen LogP) is 10.8. The maximum atomic E-state index is 14.1. The highest BCUT2D eigenvalue weighted by Gasteiger charge is 2.42. The molecule has 0 heterocycles. The first-order valence-corrected chi connectivity index (χ1v) is 20.1. The monoisotopic (exact) mass is 564 g/mol. The van der Waals surface area contributed by atoms with Crippen molar-refractivity contribution in [3.8, 4) is 0 Å². The van der Waals surface area contributed by atoms with E-state index in [0.29, 0.717) is 11.3 Å². The van der Waals surface area contributed by atoms with Crippen LogP contribution in [-0.4, -0.2) is 22.6 Å². The van der Waals surface area contributed by atoms with Gasteiger partial charge in [-0.2, -0.15) is 0 Å². The first-order valence-electron chi connectivity index (χ1n) is 16.7. The van der Waals surface area contributed by atoms with Gasteiger partial charge in [-0.1, -0.05) is 146 Å². The standard InChI is InChI=1S/C18H27OP.C18H27P/c19-20(16-10-4-1-5-11-16,17-12-6-2-7-13-17)18-14-8-3-9-15-18;1-4-10-16(11-5-1)19(17-12-6-2-7-13-17)18-14-8-3-9-15-18/h1,4-5,10-11,17-18H,2-3,6-9,12-15H2;1,4-5,10-11,17-18H,2-3,6-9,12-15H2. The first kappa shape index (κ1) is 29.6. The molecular weight excluding hydrogens is 510 g/mol. The van der Waals surface area contributed by atoms with E-state index in [1.54, 1.807) is 5.30 Å². The maximum Gasteiger partial charge on any atom is 0.121 e. The fourth-order valence-electron chi connectivity index (χ4n) is 8.35. The van der Waals surface area contributed by atoms with Crippen molar-refractivity contribution < 1.29 is 4.57 Å². The molecule has 0 aromatic heterocycles. The van der Waals surface area contributed by atoms with Gasteiger partial charge in [-0.25, -0.2) is 0 Å². The number of hydrogen-bond acceptors (Lipinski definition) is 1. The highest BCUT2D eigenvalue weighted by Crippen LogP contribution is 2.61. The van der Waals surface area contributed by atoms with Gasteiger partial charge in [0.15, 0.2) is 0 Å². The summed E-state index contributed by atoms with van der Waals surface area (Å²) in [5, 5.41) is 2.88. The van der Waals surface area contributed by atoms with Crippen LogP contribution in [0.3, 0.4) is 0 Å². The molecule has 0 radical (unpaired) electrons. The van der Waals surface area contributed by atoms with Gasteiger partial charge in [-0.05, 0) is 68.0 Å². The van der Waals surface area contributed by atoms with E-state index in [-0.39, 0.29) is 7.92 Å². The number of hydrogen-bond donors (Lipinski definition) is 0. The Balaban J connectivity index is 0.000000158. The van der Waals surface area contributed by atoms with Gasteiger partial charge in [0, 0.05) is 16.6 Å². The van der Waals surface area contributed by atoms with Crippen LogP contribution in [0.2, 0.25) is 0 Å². The van der Waals surface area contributed by atoms with Crippen molar-refractivity contribution in [1.29, 1.82) is 0 Å². The van der Waals surface area contributed by atoms with Crippen LogP contribution in [0.5, 0.6) is 0 Å². The summed E-state index contributed by atoms with van der Waals surface area (Å²) in [6, 6.07) is 22.0. The van der Waals surface area contributed by atoms with Crippen LogP contribution in [-0.2, 0) is 4.57 Å². The lowest BCUT2D eigenvalue weighted by atomic mass is 9.99. The molecule has 0 spiro atoms. The molecule has 0 amide bonds. The van der Waals surface area contributed by atoms with Gasteiger partial charge in [-0.15, -0.1) is 0 Å². The van der Waals surface area contributed by atoms with Crippen molar-refractivity contribution in [3.63, 3.8) is 0 Å². The summed E-state index contributed by atoms with van der Waals surface area (Å²) >= 11 is 0. The Morgan fingerprint density at radius 1 is 0.462 bits per heavy atom. The molecule has 214 valence electrons. The van der Waals surface area contributed by atoms with Gasteiger partial charge in [0.1, 0.15) is 7.14 Å². The summed E-state index contributed by atoms with van der Waals surface area (Å²) in [6.45, 7) is 0. The van der Waals surface area contributed by atoms with E-state index in [2.05, 4.69) is 60.7 Å². The summed E-state index contributed by atoms with van der Waals surface area (Å²) < 4.78 is 14.1. The van der Waals surface area contributed by atoms with Crippen LogP contribution < -0.4 is 10.6 Å². The van der Waals surface area contributed by atoms with Crippen LogP contribution in [0.25, 0.3) is 0 Å². The van der Waals surface area contributed by atoms with Gasteiger partial charge in [0.05, 0.1) is 0 Å². The maximum absolute atomic E-state index is 14.1. The minimum atomic E-state index is -2.22. The second-order valence-electron chi connectivity index (χ2n) is 13.0. The van der Waals surface area contributed by atoms with Gasteiger partial charge >= 0.3 is 0 Å². The van der Waals surface area contributed by atoms with Crippen molar-refractivity contribution in [1.82, 2.24) is 0 Å². The average molecular weight is 565 g/mol. The van der Waals surface area contributed by atoms with E-state index >= 15 is 0 Å². The zero-order valence-corrected chi connectivity index (χ0v) is 26.3. The second kappa shape index (κ2) is 15.4. The van der Waals surface area contributed by atoms with Crippen molar-refractivity contribution >= 4 is 25.7 Å². The Morgan fingerprint density at radius 2 is 0.821 bits per heavy atom. The predicted molar refractivity (Wildman–Crippen MR) is 174 cm³/mol. The molecule has 4 fully saturated rings. The van der Waals surface area contributed by atoms with Crippen molar-refractivity contribution in [2.75, 3.05) is 0 Å². The topological polar surface area (TPSA) is 17.1 Å².